The summed E-state index contributed by atoms with van der Waals surface area (Å²) in [6.45, 7) is 0. The van der Waals surface area contributed by atoms with Gasteiger partial charge in [0, 0.05) is 5.39 Å². The third-order valence-electron chi connectivity index (χ3n) is 3.38. The molecule has 0 aliphatic heterocycles. The molecule has 2 N–H and O–H groups in total. The number of hydrogen-bond acceptors (Lipinski definition) is 2. The van der Waals surface area contributed by atoms with Crippen LogP contribution in [0.25, 0.3) is 16.6 Å². The van der Waals surface area contributed by atoms with Crippen molar-refractivity contribution in [3.05, 3.63) is 60.0 Å². The minimum absolute atomic E-state index is 0.0290. The molecule has 22 heavy (non-hydrogen) atoms. The van der Waals surface area contributed by atoms with E-state index in [4.69, 9.17) is 5.73 Å². The SMILES string of the molecule is NC(c1ccc2c(cnn2-c2ccc(F)cc2)c1)C(F)(F)F. The highest BCUT2D eigenvalue weighted by Crippen LogP contribution is 2.32. The monoisotopic (exact) mass is 309 g/mol. The Balaban J connectivity index is 2.05. The molecule has 1 atom stereocenters. The minimum atomic E-state index is -4.50. The van der Waals surface area contributed by atoms with E-state index in [1.807, 2.05) is 0 Å². The molecule has 2 aromatic carbocycles. The van der Waals surface area contributed by atoms with E-state index in [0.29, 0.717) is 16.6 Å². The van der Waals surface area contributed by atoms with Crippen LogP contribution in [0.5, 0.6) is 0 Å². The van der Waals surface area contributed by atoms with Gasteiger partial charge in [-0.3, -0.25) is 0 Å². The minimum Gasteiger partial charge on any atom is -0.316 e. The Morgan fingerprint density at radius 2 is 1.73 bits per heavy atom. The van der Waals surface area contributed by atoms with Crippen LogP contribution in [-0.2, 0) is 0 Å². The lowest BCUT2D eigenvalue weighted by Crippen LogP contribution is -2.28. The fraction of sp³-hybridized carbons (Fsp3) is 0.133. The van der Waals surface area contributed by atoms with E-state index in [0.717, 1.165) is 0 Å². The molecule has 3 nitrogen and oxygen atoms in total. The molecule has 1 unspecified atom stereocenters. The molecule has 1 aromatic heterocycles. The Morgan fingerprint density at radius 3 is 2.36 bits per heavy atom. The predicted octanol–water partition coefficient (Wildman–Crippen LogP) is 3.73. The van der Waals surface area contributed by atoms with Crippen molar-refractivity contribution < 1.29 is 17.6 Å². The van der Waals surface area contributed by atoms with Crippen molar-refractivity contribution in [3.63, 3.8) is 0 Å². The third-order valence-corrected chi connectivity index (χ3v) is 3.38. The van der Waals surface area contributed by atoms with Crippen LogP contribution in [0, 0.1) is 5.82 Å². The van der Waals surface area contributed by atoms with Crippen molar-refractivity contribution in [2.45, 2.75) is 12.2 Å². The quantitative estimate of drug-likeness (QED) is 0.733. The van der Waals surface area contributed by atoms with Gasteiger partial charge < -0.3 is 5.73 Å². The second-order valence-electron chi connectivity index (χ2n) is 4.87. The zero-order chi connectivity index (χ0) is 15.9. The molecule has 0 aliphatic rings. The maximum absolute atomic E-state index is 12.9. The highest BCUT2D eigenvalue weighted by atomic mass is 19.4. The Labute approximate surface area is 123 Å². The van der Waals surface area contributed by atoms with Gasteiger partial charge in [-0.1, -0.05) is 6.07 Å². The summed E-state index contributed by atoms with van der Waals surface area (Å²) in [5.41, 5.74) is 6.41. The molecular formula is C15H11F4N3. The fourth-order valence-electron chi connectivity index (χ4n) is 2.22. The van der Waals surface area contributed by atoms with Gasteiger partial charge in [0.25, 0.3) is 0 Å². The molecule has 1 heterocycles. The van der Waals surface area contributed by atoms with Gasteiger partial charge in [-0.2, -0.15) is 18.3 Å². The molecule has 0 saturated heterocycles. The van der Waals surface area contributed by atoms with Gasteiger partial charge in [0.15, 0.2) is 0 Å². The van der Waals surface area contributed by atoms with E-state index >= 15 is 0 Å². The number of nitrogens with two attached hydrogens (primary N) is 1. The van der Waals surface area contributed by atoms with Gasteiger partial charge in [-0.15, -0.1) is 0 Å². The van der Waals surface area contributed by atoms with Crippen LogP contribution in [-0.4, -0.2) is 16.0 Å². The van der Waals surface area contributed by atoms with Crippen molar-refractivity contribution in [1.29, 1.82) is 0 Å². The van der Waals surface area contributed by atoms with E-state index < -0.39 is 12.2 Å². The number of rotatable bonds is 2. The summed E-state index contributed by atoms with van der Waals surface area (Å²) < 4.78 is 52.5. The second kappa shape index (κ2) is 5.10. The van der Waals surface area contributed by atoms with Crippen LogP contribution in [0.1, 0.15) is 11.6 Å². The van der Waals surface area contributed by atoms with Gasteiger partial charge in [0.05, 0.1) is 17.4 Å². The van der Waals surface area contributed by atoms with Crippen LogP contribution >= 0.6 is 0 Å². The Kier molecular flexibility index (Phi) is 3.37. The summed E-state index contributed by atoms with van der Waals surface area (Å²) >= 11 is 0. The van der Waals surface area contributed by atoms with Crippen LogP contribution in [0.3, 0.4) is 0 Å². The smallest absolute Gasteiger partial charge is 0.316 e. The zero-order valence-electron chi connectivity index (χ0n) is 11.2. The van der Waals surface area contributed by atoms with E-state index in [-0.39, 0.29) is 11.4 Å². The summed E-state index contributed by atoms with van der Waals surface area (Å²) in [5, 5.41) is 4.66. The number of fused-ring (bicyclic) bond motifs is 1. The molecule has 0 amide bonds. The van der Waals surface area contributed by atoms with Crippen LogP contribution < -0.4 is 5.73 Å². The zero-order valence-corrected chi connectivity index (χ0v) is 11.2. The van der Waals surface area contributed by atoms with Crippen LogP contribution in [0.4, 0.5) is 17.6 Å². The molecule has 0 radical (unpaired) electrons. The maximum Gasteiger partial charge on any atom is 0.407 e. The number of benzene rings is 2. The Morgan fingerprint density at radius 1 is 1.05 bits per heavy atom. The molecule has 0 saturated carbocycles. The van der Waals surface area contributed by atoms with E-state index in [2.05, 4.69) is 5.10 Å². The van der Waals surface area contributed by atoms with Gasteiger partial charge in [0.2, 0.25) is 0 Å². The summed E-state index contributed by atoms with van der Waals surface area (Å²) in [5.74, 6) is -0.376. The molecule has 3 rings (SSSR count). The number of aromatic nitrogens is 2. The first-order valence-corrected chi connectivity index (χ1v) is 6.42. The molecule has 0 spiro atoms. The molecular weight excluding hydrogens is 298 g/mol. The number of alkyl halides is 3. The molecule has 7 heteroatoms. The average molecular weight is 309 g/mol. The summed E-state index contributed by atoms with van der Waals surface area (Å²) in [6.07, 6.45) is -3.05. The van der Waals surface area contributed by atoms with E-state index in [1.165, 1.54) is 53.3 Å². The van der Waals surface area contributed by atoms with E-state index in [1.54, 1.807) is 0 Å². The van der Waals surface area contributed by atoms with Crippen molar-refractivity contribution in [3.8, 4) is 5.69 Å². The first kappa shape index (κ1) is 14.5. The Bertz CT molecular complexity index is 806. The Hall–Kier alpha value is -2.41. The lowest BCUT2D eigenvalue weighted by molar-refractivity contribution is -0.149. The van der Waals surface area contributed by atoms with Gasteiger partial charge in [-0.05, 0) is 42.0 Å². The number of halogens is 4. The van der Waals surface area contributed by atoms with E-state index in [9.17, 15) is 17.6 Å². The first-order chi connectivity index (χ1) is 10.4. The maximum atomic E-state index is 12.9. The highest BCUT2D eigenvalue weighted by Gasteiger charge is 2.37. The third kappa shape index (κ3) is 2.55. The topological polar surface area (TPSA) is 43.8 Å². The van der Waals surface area contributed by atoms with Crippen molar-refractivity contribution in [2.24, 2.45) is 5.73 Å². The lowest BCUT2D eigenvalue weighted by atomic mass is 10.1. The average Bonchev–Trinajstić information content (AvgIpc) is 2.89. The standard InChI is InChI=1S/C15H11F4N3/c16-11-2-4-12(5-3-11)22-13-6-1-9(7-10(13)8-21-22)14(20)15(17,18)19/h1-8,14H,20H2. The predicted molar refractivity (Wildman–Crippen MR) is 74.0 cm³/mol. The van der Waals surface area contributed by atoms with Crippen molar-refractivity contribution in [2.75, 3.05) is 0 Å². The number of nitrogens with zero attached hydrogens (tertiary/aromatic N) is 2. The van der Waals surface area contributed by atoms with Gasteiger partial charge in [-0.25, -0.2) is 9.07 Å². The second-order valence-corrected chi connectivity index (χ2v) is 4.87. The molecule has 0 bridgehead atoms. The number of hydrogen-bond donors (Lipinski definition) is 1. The lowest BCUT2D eigenvalue weighted by Gasteiger charge is -2.15. The molecule has 114 valence electrons. The van der Waals surface area contributed by atoms with Gasteiger partial charge in [0.1, 0.15) is 11.9 Å². The van der Waals surface area contributed by atoms with Gasteiger partial charge >= 0.3 is 6.18 Å². The van der Waals surface area contributed by atoms with Crippen LogP contribution in [0.15, 0.2) is 48.7 Å². The summed E-state index contributed by atoms with van der Waals surface area (Å²) in [7, 11) is 0. The molecule has 3 aromatic rings. The molecule has 0 aliphatic carbocycles. The fourth-order valence-corrected chi connectivity index (χ4v) is 2.22. The summed E-state index contributed by atoms with van der Waals surface area (Å²) in [4.78, 5) is 0. The normalized spacial score (nSPS) is 13.5. The van der Waals surface area contributed by atoms with Crippen molar-refractivity contribution in [1.82, 2.24) is 9.78 Å². The molecule has 0 fully saturated rings. The first-order valence-electron chi connectivity index (χ1n) is 6.42. The largest absolute Gasteiger partial charge is 0.407 e. The summed E-state index contributed by atoms with van der Waals surface area (Å²) in [6, 6.07) is 7.82. The van der Waals surface area contributed by atoms with Crippen LogP contribution in [0.2, 0.25) is 0 Å². The highest BCUT2D eigenvalue weighted by molar-refractivity contribution is 5.81. The van der Waals surface area contributed by atoms with Crippen molar-refractivity contribution >= 4 is 10.9 Å².